The first-order valence-electron chi connectivity index (χ1n) is 16.9. The van der Waals surface area contributed by atoms with Crippen molar-refractivity contribution in [1.29, 1.82) is 0 Å². The molecule has 0 spiro atoms. The van der Waals surface area contributed by atoms with Gasteiger partial charge in [-0.3, -0.25) is 9.59 Å². The Hall–Kier alpha value is -2.74. The minimum absolute atomic E-state index is 0.145. The van der Waals surface area contributed by atoms with E-state index < -0.39 is 5.60 Å². The number of carbonyl (C=O) groups is 2. The summed E-state index contributed by atoms with van der Waals surface area (Å²) in [7, 11) is 0. The second kappa shape index (κ2) is 13.4. The highest BCUT2D eigenvalue weighted by Gasteiger charge is 2.75. The summed E-state index contributed by atoms with van der Waals surface area (Å²) in [6.45, 7) is 17.9. The van der Waals surface area contributed by atoms with Crippen LogP contribution in [0.3, 0.4) is 0 Å². The average molecular weight is 637 g/mol. The Morgan fingerprint density at radius 3 is 2.22 bits per heavy atom. The maximum atomic E-state index is 12.6. The minimum Gasteiger partial charge on any atom is -0.462 e. The number of rotatable bonds is 11. The van der Waals surface area contributed by atoms with Gasteiger partial charge in [0.2, 0.25) is 0 Å². The molecule has 0 aromatic heterocycles. The molecule has 46 heavy (non-hydrogen) atoms. The number of epoxide rings is 1. The second-order valence-electron chi connectivity index (χ2n) is 15.9. The van der Waals surface area contributed by atoms with Gasteiger partial charge in [-0.05, 0) is 82.3 Å². The van der Waals surface area contributed by atoms with Crippen molar-refractivity contribution >= 4 is 11.9 Å². The van der Waals surface area contributed by atoms with Gasteiger partial charge < -0.3 is 24.4 Å². The van der Waals surface area contributed by atoms with Gasteiger partial charge in [0, 0.05) is 26.2 Å². The molecule has 4 aliphatic rings. The van der Waals surface area contributed by atoms with Crippen LogP contribution in [0.4, 0.5) is 0 Å². The zero-order valence-corrected chi connectivity index (χ0v) is 29.4. The SMILES string of the molecule is CC(=O)O[C@H]1CC(C)(C)C(=CC/C(C)=C/C=C/C=C/C=C(\C)CC2=CC(CC[C@@]34O[C@]3(C)C[C@@H](O)CC4(C)C)C(=O)O2)[C@](C)(O)C1. The fourth-order valence-corrected chi connectivity index (χ4v) is 8.62. The van der Waals surface area contributed by atoms with E-state index in [0.29, 0.717) is 44.3 Å². The molecule has 2 aliphatic carbocycles. The van der Waals surface area contributed by atoms with Crippen LogP contribution in [0.15, 0.2) is 71.1 Å². The van der Waals surface area contributed by atoms with Crippen LogP contribution in [-0.2, 0) is 23.8 Å². The molecular weight excluding hydrogens is 580 g/mol. The van der Waals surface area contributed by atoms with Crippen molar-refractivity contribution in [2.45, 2.75) is 143 Å². The third-order valence-corrected chi connectivity index (χ3v) is 10.6. The fourth-order valence-electron chi connectivity index (χ4n) is 8.62. The Bertz CT molecular complexity index is 1350. The van der Waals surface area contributed by atoms with Crippen LogP contribution >= 0.6 is 0 Å². The Balaban J connectivity index is 1.25. The summed E-state index contributed by atoms with van der Waals surface area (Å²) in [5.41, 5.74) is 1.20. The molecule has 0 aromatic rings. The number of aliphatic hydroxyl groups is 2. The highest BCUT2D eigenvalue weighted by atomic mass is 16.6. The van der Waals surface area contributed by atoms with Crippen molar-refractivity contribution < 1.29 is 34.0 Å². The Labute approximate surface area is 276 Å². The van der Waals surface area contributed by atoms with Crippen molar-refractivity contribution in [3.8, 4) is 0 Å². The number of carbonyl (C=O) groups excluding carboxylic acids is 2. The predicted molar refractivity (Wildman–Crippen MR) is 180 cm³/mol. The molecule has 2 heterocycles. The van der Waals surface area contributed by atoms with E-state index in [9.17, 15) is 19.8 Å². The third kappa shape index (κ3) is 8.03. The van der Waals surface area contributed by atoms with Crippen LogP contribution in [0, 0.1) is 16.7 Å². The number of hydrogen-bond donors (Lipinski definition) is 2. The van der Waals surface area contributed by atoms with Gasteiger partial charge in [0.1, 0.15) is 17.5 Å². The number of hydrogen-bond acceptors (Lipinski definition) is 7. The molecule has 2 saturated carbocycles. The van der Waals surface area contributed by atoms with Gasteiger partial charge in [-0.2, -0.15) is 0 Å². The molecule has 7 heteroatoms. The van der Waals surface area contributed by atoms with Gasteiger partial charge in [-0.15, -0.1) is 0 Å². The van der Waals surface area contributed by atoms with Crippen LogP contribution in [0.5, 0.6) is 0 Å². The fraction of sp³-hybridized carbons (Fsp3) is 0.641. The van der Waals surface area contributed by atoms with Gasteiger partial charge in [-0.25, -0.2) is 0 Å². The van der Waals surface area contributed by atoms with E-state index in [0.717, 1.165) is 24.0 Å². The van der Waals surface area contributed by atoms with E-state index >= 15 is 0 Å². The van der Waals surface area contributed by atoms with Crippen LogP contribution in [0.25, 0.3) is 0 Å². The van der Waals surface area contributed by atoms with Gasteiger partial charge in [0.25, 0.3) is 0 Å². The molecule has 7 nitrogen and oxygen atoms in total. The molecule has 2 aliphatic heterocycles. The lowest BCUT2D eigenvalue weighted by atomic mass is 9.61. The van der Waals surface area contributed by atoms with Crippen molar-refractivity contribution in [2.75, 3.05) is 0 Å². The quantitative estimate of drug-likeness (QED) is 0.103. The average Bonchev–Trinajstić information content (AvgIpc) is 3.36. The highest BCUT2D eigenvalue weighted by molar-refractivity contribution is 5.78. The molecule has 1 saturated heterocycles. The van der Waals surface area contributed by atoms with E-state index in [1.807, 2.05) is 50.3 Å². The standard InChI is InChI=1S/C39H56O7/c1-26(16-17-33-35(4,5)24-32(44-28(3)40)25-37(33,8)43)14-12-10-11-13-15-27(2)20-31-21-29(34(42)45-31)18-19-39-36(6,7)22-30(41)23-38(39,9)46-39/h10-15,17,21,29-30,32,41,43H,16,18-20,22-25H2,1-9H3/b12-10+,13-11+,26-14+,27-15+,33-17?/t29?,30-,32-,37+,38+,39-/m0/s1. The summed E-state index contributed by atoms with van der Waals surface area (Å²) < 4.78 is 17.3. The zero-order chi connectivity index (χ0) is 34.1. The summed E-state index contributed by atoms with van der Waals surface area (Å²) in [5, 5.41) is 21.5. The van der Waals surface area contributed by atoms with Crippen LogP contribution in [0.1, 0.15) is 114 Å². The van der Waals surface area contributed by atoms with Crippen molar-refractivity contribution in [2.24, 2.45) is 16.7 Å². The molecule has 0 amide bonds. The molecule has 0 aromatic carbocycles. The Morgan fingerprint density at radius 2 is 1.61 bits per heavy atom. The first kappa shape index (κ1) is 36.1. The van der Waals surface area contributed by atoms with Gasteiger partial charge >= 0.3 is 11.9 Å². The summed E-state index contributed by atoms with van der Waals surface area (Å²) in [6, 6.07) is 0. The van der Waals surface area contributed by atoms with Gasteiger partial charge in [-0.1, -0.05) is 81.4 Å². The molecule has 6 atom stereocenters. The number of allylic oxidation sites excluding steroid dienone is 9. The maximum absolute atomic E-state index is 12.6. The molecule has 254 valence electrons. The number of esters is 2. The molecule has 0 radical (unpaired) electrons. The summed E-state index contributed by atoms with van der Waals surface area (Å²) in [4.78, 5) is 24.1. The van der Waals surface area contributed by atoms with Gasteiger partial charge in [0.15, 0.2) is 0 Å². The lowest BCUT2D eigenvalue weighted by Gasteiger charge is -2.46. The molecule has 4 rings (SSSR count). The Kier molecular flexibility index (Phi) is 10.5. The molecule has 3 fully saturated rings. The summed E-state index contributed by atoms with van der Waals surface area (Å²) in [6.07, 6.45) is 20.7. The third-order valence-electron chi connectivity index (χ3n) is 10.6. The normalized spacial score (nSPS) is 36.6. The molecule has 2 N–H and O–H groups in total. The lowest BCUT2D eigenvalue weighted by Crippen LogP contribution is -2.47. The van der Waals surface area contributed by atoms with E-state index in [1.54, 1.807) is 0 Å². The molecule has 0 bridgehead atoms. The predicted octanol–water partition coefficient (Wildman–Crippen LogP) is 7.75. The van der Waals surface area contributed by atoms with Crippen LogP contribution < -0.4 is 0 Å². The smallest absolute Gasteiger partial charge is 0.317 e. The number of ether oxygens (including phenoxy) is 3. The second-order valence-corrected chi connectivity index (χ2v) is 15.9. The monoisotopic (exact) mass is 636 g/mol. The molecule has 1 unspecified atom stereocenters. The Morgan fingerprint density at radius 1 is 0.957 bits per heavy atom. The number of cyclic esters (lactones) is 1. The first-order chi connectivity index (χ1) is 21.3. The topological polar surface area (TPSA) is 106 Å². The number of aliphatic hydroxyl groups excluding tert-OH is 1. The van der Waals surface area contributed by atoms with E-state index in [2.05, 4.69) is 53.7 Å². The lowest BCUT2D eigenvalue weighted by molar-refractivity contribution is -0.152. The highest BCUT2D eigenvalue weighted by Crippen LogP contribution is 2.67. The largest absolute Gasteiger partial charge is 0.462 e. The van der Waals surface area contributed by atoms with Crippen molar-refractivity contribution in [1.82, 2.24) is 0 Å². The van der Waals surface area contributed by atoms with Crippen LogP contribution in [-0.4, -0.2) is 51.2 Å². The summed E-state index contributed by atoms with van der Waals surface area (Å²) in [5.74, 6) is -0.0504. The van der Waals surface area contributed by atoms with E-state index in [-0.39, 0.29) is 52.1 Å². The zero-order valence-electron chi connectivity index (χ0n) is 29.4. The van der Waals surface area contributed by atoms with E-state index in [4.69, 9.17) is 14.2 Å². The van der Waals surface area contributed by atoms with Gasteiger partial charge in [0.05, 0.1) is 23.2 Å². The minimum atomic E-state index is -1.02. The molecular formula is C39H56O7. The first-order valence-corrected chi connectivity index (χ1v) is 16.9. The van der Waals surface area contributed by atoms with Crippen LogP contribution in [0.2, 0.25) is 0 Å². The van der Waals surface area contributed by atoms with E-state index in [1.165, 1.54) is 12.5 Å². The summed E-state index contributed by atoms with van der Waals surface area (Å²) >= 11 is 0. The van der Waals surface area contributed by atoms with Crippen molar-refractivity contribution in [3.05, 3.63) is 71.1 Å². The maximum Gasteiger partial charge on any atom is 0.317 e. The number of fused-ring (bicyclic) bond motifs is 1. The van der Waals surface area contributed by atoms with Crippen molar-refractivity contribution in [3.63, 3.8) is 0 Å².